The Morgan fingerprint density at radius 3 is 2.85 bits per heavy atom. The Hall–Kier alpha value is -2.54. The summed E-state index contributed by atoms with van der Waals surface area (Å²) >= 11 is 1.45. The molecule has 3 N–H and O–H groups in total. The van der Waals surface area contributed by atoms with Crippen LogP contribution in [0.4, 0.5) is 5.82 Å². The van der Waals surface area contributed by atoms with Gasteiger partial charge in [0.2, 0.25) is 0 Å². The number of rotatable bonds is 3. The first kappa shape index (κ1) is 17.9. The highest BCUT2D eigenvalue weighted by Gasteiger charge is 2.37. The maximum Gasteiger partial charge on any atom is 0.189 e. The lowest BCUT2D eigenvalue weighted by Gasteiger charge is -2.33. The van der Waals surface area contributed by atoms with Gasteiger partial charge in [-0.15, -0.1) is 0 Å². The summed E-state index contributed by atoms with van der Waals surface area (Å²) in [6, 6.07) is 5.17. The van der Waals surface area contributed by atoms with Crippen LogP contribution in [-0.4, -0.2) is 34.2 Å². The number of methoxy groups -OCH3 is 1. The van der Waals surface area contributed by atoms with Crippen LogP contribution in [0.5, 0.6) is 11.5 Å². The monoisotopic (exact) mass is 383 g/mol. The molecule has 1 atom stereocenters. The van der Waals surface area contributed by atoms with Crippen LogP contribution in [0.15, 0.2) is 34.5 Å². The van der Waals surface area contributed by atoms with E-state index in [9.17, 15) is 9.90 Å². The molecule has 27 heavy (non-hydrogen) atoms. The van der Waals surface area contributed by atoms with Crippen LogP contribution in [0, 0.1) is 0 Å². The van der Waals surface area contributed by atoms with E-state index in [-0.39, 0.29) is 17.5 Å². The van der Waals surface area contributed by atoms with Crippen LogP contribution in [0.2, 0.25) is 0 Å². The van der Waals surface area contributed by atoms with Crippen molar-refractivity contribution in [2.24, 2.45) is 0 Å². The number of nitrogens with zero attached hydrogens (tertiary/aromatic N) is 2. The van der Waals surface area contributed by atoms with E-state index in [0.29, 0.717) is 29.6 Å². The summed E-state index contributed by atoms with van der Waals surface area (Å²) < 4.78 is 5.28. The largest absolute Gasteiger partial charge is 0.504 e. The summed E-state index contributed by atoms with van der Waals surface area (Å²) in [6.07, 6.45) is 4.87. The standard InChI is InChI=1S/C20H21N3O3S/c1-26-15-9-11(6-7-13(15)24)17-16-10(4-3-5-14(16)25)8-12-18(17)19(21)23-20(22-12)27-2/h6-7,9,17,24H,3-5,8H2,1-2H3,(H2,21,22,23). The number of nitrogen functional groups attached to an aromatic ring is 1. The van der Waals surface area contributed by atoms with Gasteiger partial charge in [-0.1, -0.05) is 23.4 Å². The average Bonchev–Trinajstić information content (AvgIpc) is 2.67. The number of aromatic hydroxyl groups is 1. The van der Waals surface area contributed by atoms with E-state index in [4.69, 9.17) is 15.5 Å². The van der Waals surface area contributed by atoms with Gasteiger partial charge in [-0.2, -0.15) is 0 Å². The third kappa shape index (κ3) is 2.96. The molecule has 1 heterocycles. The topological polar surface area (TPSA) is 98.3 Å². The third-order valence-electron chi connectivity index (χ3n) is 5.28. The number of aromatic nitrogens is 2. The van der Waals surface area contributed by atoms with Crippen molar-refractivity contribution in [2.45, 2.75) is 36.8 Å². The Morgan fingerprint density at radius 1 is 1.30 bits per heavy atom. The predicted octanol–water partition coefficient (Wildman–Crippen LogP) is 3.23. The molecule has 7 heteroatoms. The number of carbonyl (C=O) groups excluding carboxylic acids is 1. The van der Waals surface area contributed by atoms with E-state index in [1.165, 1.54) is 18.9 Å². The summed E-state index contributed by atoms with van der Waals surface area (Å²) in [7, 11) is 1.51. The number of benzene rings is 1. The zero-order valence-electron chi connectivity index (χ0n) is 15.3. The van der Waals surface area contributed by atoms with Crippen LogP contribution in [0.25, 0.3) is 0 Å². The van der Waals surface area contributed by atoms with E-state index in [0.717, 1.165) is 40.8 Å². The Labute approximate surface area is 161 Å². The number of hydrogen-bond donors (Lipinski definition) is 2. The number of anilines is 1. The van der Waals surface area contributed by atoms with Crippen molar-refractivity contribution >= 4 is 23.4 Å². The van der Waals surface area contributed by atoms with Crippen molar-refractivity contribution in [1.29, 1.82) is 0 Å². The molecule has 6 nitrogen and oxygen atoms in total. The molecule has 0 bridgehead atoms. The van der Waals surface area contributed by atoms with Crippen LogP contribution in [0.1, 0.15) is 42.0 Å². The van der Waals surface area contributed by atoms with Crippen molar-refractivity contribution in [3.05, 3.63) is 46.2 Å². The van der Waals surface area contributed by atoms with Crippen LogP contribution >= 0.6 is 11.8 Å². The van der Waals surface area contributed by atoms with Gasteiger partial charge in [0.15, 0.2) is 22.4 Å². The number of ketones is 1. The summed E-state index contributed by atoms with van der Waals surface area (Å²) in [5.41, 5.74) is 10.8. The number of ether oxygens (including phenoxy) is 1. The van der Waals surface area contributed by atoms with Crippen molar-refractivity contribution in [2.75, 3.05) is 19.1 Å². The molecular formula is C20H21N3O3S. The highest BCUT2D eigenvalue weighted by atomic mass is 32.2. The molecule has 2 aliphatic rings. The van der Waals surface area contributed by atoms with E-state index in [1.807, 2.05) is 12.3 Å². The molecule has 1 unspecified atom stereocenters. The lowest BCUT2D eigenvalue weighted by Crippen LogP contribution is -2.27. The number of fused-ring (bicyclic) bond motifs is 1. The molecule has 1 aromatic heterocycles. The zero-order chi connectivity index (χ0) is 19.1. The second kappa shape index (κ2) is 6.88. The molecule has 4 rings (SSSR count). The quantitative estimate of drug-likeness (QED) is 0.620. The number of allylic oxidation sites excluding steroid dienone is 2. The smallest absolute Gasteiger partial charge is 0.189 e. The van der Waals surface area contributed by atoms with Gasteiger partial charge in [-0.05, 0) is 36.8 Å². The summed E-state index contributed by atoms with van der Waals surface area (Å²) in [5, 5.41) is 10.6. The van der Waals surface area contributed by atoms with E-state index < -0.39 is 0 Å². The molecule has 1 aromatic carbocycles. The molecule has 140 valence electrons. The van der Waals surface area contributed by atoms with Crippen LogP contribution < -0.4 is 10.5 Å². The zero-order valence-corrected chi connectivity index (χ0v) is 16.1. The van der Waals surface area contributed by atoms with Gasteiger partial charge in [0.1, 0.15) is 5.82 Å². The first-order valence-corrected chi connectivity index (χ1v) is 10.1. The third-order valence-corrected chi connectivity index (χ3v) is 5.82. The lowest BCUT2D eigenvalue weighted by molar-refractivity contribution is -0.116. The van der Waals surface area contributed by atoms with Gasteiger partial charge in [0, 0.05) is 29.9 Å². The Bertz CT molecular complexity index is 971. The minimum absolute atomic E-state index is 0.0587. The average molecular weight is 383 g/mol. The van der Waals surface area contributed by atoms with Crippen molar-refractivity contribution in [3.8, 4) is 11.5 Å². The Morgan fingerprint density at radius 2 is 2.11 bits per heavy atom. The molecule has 2 aliphatic carbocycles. The number of nitrogens with two attached hydrogens (primary N) is 1. The van der Waals surface area contributed by atoms with Crippen LogP contribution in [-0.2, 0) is 11.2 Å². The molecule has 0 fully saturated rings. The minimum Gasteiger partial charge on any atom is -0.504 e. The molecule has 0 radical (unpaired) electrons. The normalized spacial score (nSPS) is 18.9. The molecule has 0 saturated carbocycles. The second-order valence-electron chi connectivity index (χ2n) is 6.79. The van der Waals surface area contributed by atoms with Gasteiger partial charge in [0.25, 0.3) is 0 Å². The summed E-state index contributed by atoms with van der Waals surface area (Å²) in [5.74, 6) is 0.661. The Balaban J connectivity index is 1.97. The Kier molecular flexibility index (Phi) is 4.55. The van der Waals surface area contributed by atoms with Crippen molar-refractivity contribution in [1.82, 2.24) is 9.97 Å². The fourth-order valence-electron chi connectivity index (χ4n) is 4.08. The molecule has 0 spiro atoms. The van der Waals surface area contributed by atoms with Crippen LogP contribution in [0.3, 0.4) is 0 Å². The molecule has 2 aromatic rings. The van der Waals surface area contributed by atoms with Gasteiger partial charge in [-0.25, -0.2) is 9.97 Å². The van der Waals surface area contributed by atoms with E-state index >= 15 is 0 Å². The highest BCUT2D eigenvalue weighted by molar-refractivity contribution is 7.98. The fraction of sp³-hybridized carbons (Fsp3) is 0.350. The maximum atomic E-state index is 12.9. The summed E-state index contributed by atoms with van der Waals surface area (Å²) in [6.45, 7) is 0. The van der Waals surface area contributed by atoms with Crippen molar-refractivity contribution < 1.29 is 14.6 Å². The number of thioether (sulfide) groups is 1. The van der Waals surface area contributed by atoms with Gasteiger partial charge < -0.3 is 15.6 Å². The van der Waals surface area contributed by atoms with Gasteiger partial charge >= 0.3 is 0 Å². The van der Waals surface area contributed by atoms with E-state index in [2.05, 4.69) is 4.98 Å². The predicted molar refractivity (Wildman–Crippen MR) is 104 cm³/mol. The first-order valence-electron chi connectivity index (χ1n) is 8.85. The van der Waals surface area contributed by atoms with Gasteiger partial charge in [0.05, 0.1) is 12.8 Å². The highest BCUT2D eigenvalue weighted by Crippen LogP contribution is 2.47. The number of carbonyl (C=O) groups is 1. The number of Topliss-reactive ketones (excluding diaryl/α,β-unsaturated/α-hetero) is 1. The SMILES string of the molecule is COc1cc(C2C3=C(CCCC3=O)Cc3nc(SC)nc(N)c32)ccc1O. The summed E-state index contributed by atoms with van der Waals surface area (Å²) in [4.78, 5) is 22.0. The maximum absolute atomic E-state index is 12.9. The lowest BCUT2D eigenvalue weighted by atomic mass is 9.71. The molecule has 0 saturated heterocycles. The first-order chi connectivity index (χ1) is 13.0. The molecular weight excluding hydrogens is 362 g/mol. The number of phenolic OH excluding ortho intramolecular Hbond substituents is 1. The minimum atomic E-state index is -0.332. The number of hydrogen-bond acceptors (Lipinski definition) is 7. The van der Waals surface area contributed by atoms with E-state index in [1.54, 1.807) is 12.1 Å². The molecule has 0 aliphatic heterocycles. The molecule has 0 amide bonds. The van der Waals surface area contributed by atoms with Gasteiger partial charge in [-0.3, -0.25) is 4.79 Å². The fourth-order valence-corrected chi connectivity index (χ4v) is 4.47. The number of phenols is 1. The second-order valence-corrected chi connectivity index (χ2v) is 7.56. The van der Waals surface area contributed by atoms with Crippen molar-refractivity contribution in [3.63, 3.8) is 0 Å².